The number of carbonyl (C=O) groups excluding carboxylic acids is 1. The summed E-state index contributed by atoms with van der Waals surface area (Å²) in [5.74, 6) is -1.00. The molecule has 0 aliphatic heterocycles. The van der Waals surface area contributed by atoms with E-state index in [1.807, 2.05) is 0 Å². The summed E-state index contributed by atoms with van der Waals surface area (Å²) >= 11 is 0.824. The predicted octanol–water partition coefficient (Wildman–Crippen LogP) is -5.47. The topological polar surface area (TPSA) is 52.2 Å². The minimum atomic E-state index is -1.00. The Labute approximate surface area is 118 Å². The number of carboxylic acid groups (broad SMARTS) is 1. The smallest absolute Gasteiger partial charge is 1.00 e. The summed E-state index contributed by atoms with van der Waals surface area (Å²) in [5, 5.41) is 9.89. The van der Waals surface area contributed by atoms with Gasteiger partial charge in [-0.25, -0.2) is 0 Å². The zero-order chi connectivity index (χ0) is 10.9. The molecule has 0 amide bonds. The van der Waals surface area contributed by atoms with Gasteiger partial charge in [0.25, 0.3) is 0 Å². The minimum absolute atomic E-state index is 0. The van der Waals surface area contributed by atoms with Gasteiger partial charge in [-0.15, -0.1) is 0 Å². The second-order valence-electron chi connectivity index (χ2n) is 3.78. The number of aliphatic carboxylic acids is 1. The summed E-state index contributed by atoms with van der Waals surface area (Å²) in [4.78, 5) is 9.89. The van der Waals surface area contributed by atoms with Gasteiger partial charge in [0.1, 0.15) is 6.54 Å². The zero-order valence-corrected chi connectivity index (χ0v) is 16.3. The number of quaternary nitrogens is 1. The van der Waals surface area contributed by atoms with E-state index >= 15 is 0 Å². The van der Waals surface area contributed by atoms with Crippen molar-refractivity contribution in [1.29, 1.82) is 0 Å². The molecule has 0 aromatic carbocycles. The Kier molecular flexibility index (Phi) is 17.5. The van der Waals surface area contributed by atoms with Crippen molar-refractivity contribution in [1.82, 2.24) is 4.27 Å². The molecule has 0 aliphatic carbocycles. The van der Waals surface area contributed by atoms with E-state index < -0.39 is 5.97 Å². The Bertz CT molecular complexity index is 138. The third-order valence-electron chi connectivity index (χ3n) is 1.03. The molecule has 0 aromatic heterocycles. The van der Waals surface area contributed by atoms with Gasteiger partial charge in [-0.1, -0.05) is 0 Å². The summed E-state index contributed by atoms with van der Waals surface area (Å²) < 4.78 is 3.56. The van der Waals surface area contributed by atoms with Crippen LogP contribution >= 0.6 is 0 Å². The largest absolute Gasteiger partial charge is 1.00 e. The number of hydrogen-bond acceptors (Lipinski definition) is 3. The van der Waals surface area contributed by atoms with Crippen molar-refractivity contribution >= 4 is 22.7 Å². The molecule has 0 atom stereocenters. The van der Waals surface area contributed by atoms with Crippen molar-refractivity contribution in [2.45, 2.75) is 6.42 Å². The molecule has 1 N–H and O–H groups in total. The number of nitrogens with one attached hydrogen (secondary N) is 1. The van der Waals surface area contributed by atoms with Crippen molar-refractivity contribution in [3.8, 4) is 0 Å². The zero-order valence-electron chi connectivity index (χ0n) is 10.1. The Hall–Kier alpha value is 0.933. The fraction of sp³-hybridized carbons (Fsp3) is 0.750. The van der Waals surface area contributed by atoms with Gasteiger partial charge < -0.3 is 14.4 Å². The number of carboxylic acids is 1. The maximum absolute atomic E-state index is 9.89. The minimum Gasteiger partial charge on any atom is 1.00 e. The van der Waals surface area contributed by atoms with Crippen LogP contribution in [0.3, 0.4) is 0 Å². The number of hydrogen-bond donors (Lipinski definition) is 1. The molecule has 14 heavy (non-hydrogen) atoms. The van der Waals surface area contributed by atoms with Crippen LogP contribution in [0, 0.1) is 6.92 Å². The van der Waals surface area contributed by atoms with E-state index in [1.54, 1.807) is 21.1 Å². The van der Waals surface area contributed by atoms with Gasteiger partial charge in [-0.05, 0) is 0 Å². The molecular formula is C8H21GeN2NaO2. The van der Waals surface area contributed by atoms with Crippen molar-refractivity contribution in [2.24, 2.45) is 0 Å². The molecule has 0 bridgehead atoms. The van der Waals surface area contributed by atoms with Crippen LogP contribution in [0.2, 0.25) is 0 Å². The van der Waals surface area contributed by atoms with Crippen LogP contribution in [0.5, 0.6) is 0 Å². The van der Waals surface area contributed by atoms with Crippen LogP contribution in [0.1, 0.15) is 6.42 Å². The summed E-state index contributed by atoms with van der Waals surface area (Å²) in [6, 6.07) is 0. The molecule has 0 aromatic rings. The fourth-order valence-electron chi connectivity index (χ4n) is 0.564. The van der Waals surface area contributed by atoms with Crippen LogP contribution < -0.4 is 38.9 Å². The van der Waals surface area contributed by atoms with Gasteiger partial charge in [0.2, 0.25) is 0 Å². The van der Waals surface area contributed by atoms with Gasteiger partial charge in [-0.2, -0.15) is 0 Å². The van der Waals surface area contributed by atoms with Gasteiger partial charge in [0.05, 0.1) is 27.1 Å². The van der Waals surface area contributed by atoms with E-state index in [0.29, 0.717) is 4.48 Å². The quantitative estimate of drug-likeness (QED) is 0.316. The molecule has 0 spiro atoms. The average molecular weight is 273 g/mol. The first-order valence-corrected chi connectivity index (χ1v) is 6.37. The third kappa shape index (κ3) is 29.3. The second-order valence-corrected chi connectivity index (χ2v) is 5.26. The summed E-state index contributed by atoms with van der Waals surface area (Å²) in [7, 11) is 5.40. The van der Waals surface area contributed by atoms with E-state index in [0.717, 1.165) is 29.7 Å². The molecule has 80 valence electrons. The number of nitrogens with zero attached hydrogens (tertiary/aromatic N) is 1. The van der Waals surface area contributed by atoms with Crippen LogP contribution in [0.15, 0.2) is 0 Å². The van der Waals surface area contributed by atoms with E-state index in [-0.39, 0.29) is 36.1 Å². The number of carbonyl (C=O) groups is 1. The van der Waals surface area contributed by atoms with E-state index in [2.05, 4.69) is 11.2 Å². The molecule has 0 aliphatic rings. The molecular weight excluding hydrogens is 252 g/mol. The molecule has 0 fully saturated rings. The monoisotopic (exact) mass is 274 g/mol. The van der Waals surface area contributed by atoms with Gasteiger partial charge in [0.15, 0.2) is 0 Å². The Morgan fingerprint density at radius 1 is 1.50 bits per heavy atom. The Morgan fingerprint density at radius 3 is 1.93 bits per heavy atom. The van der Waals surface area contributed by atoms with Gasteiger partial charge in [0, 0.05) is 0 Å². The van der Waals surface area contributed by atoms with Crippen molar-refractivity contribution < 1.29 is 43.9 Å². The van der Waals surface area contributed by atoms with Crippen molar-refractivity contribution in [2.75, 3.05) is 34.2 Å². The second kappa shape index (κ2) is 12.0. The van der Waals surface area contributed by atoms with Gasteiger partial charge >= 0.3 is 70.5 Å². The Morgan fingerprint density at radius 2 is 1.93 bits per heavy atom. The Balaban J connectivity index is -0.000000177. The average Bonchev–Trinajstić information content (AvgIpc) is 1.84. The SMILES string of the molecule is C[N+](C)(C)CC(=O)[O-].[CH2-]CC[NH][GeH3].[Na+]. The maximum Gasteiger partial charge on any atom is 1.00 e. The normalized spacial score (nSPS) is 9.71. The van der Waals surface area contributed by atoms with Crippen LogP contribution in [0.4, 0.5) is 0 Å². The number of rotatable bonds is 4. The van der Waals surface area contributed by atoms with E-state index in [9.17, 15) is 9.90 Å². The van der Waals surface area contributed by atoms with E-state index in [1.165, 1.54) is 0 Å². The first kappa shape index (κ1) is 20.4. The first-order valence-electron chi connectivity index (χ1n) is 4.27. The predicted molar refractivity (Wildman–Crippen MR) is 55.8 cm³/mol. The van der Waals surface area contributed by atoms with Crippen LogP contribution in [0.25, 0.3) is 0 Å². The molecule has 0 rings (SSSR count). The maximum atomic E-state index is 9.89. The summed E-state index contributed by atoms with van der Waals surface area (Å²) in [6.07, 6.45) is 1.03. The molecule has 6 heteroatoms. The van der Waals surface area contributed by atoms with Gasteiger partial charge in [-0.3, -0.25) is 0 Å². The van der Waals surface area contributed by atoms with Crippen LogP contribution in [-0.4, -0.2) is 61.4 Å². The first-order chi connectivity index (χ1) is 5.83. The summed E-state index contributed by atoms with van der Waals surface area (Å²) in [6.45, 7) is 4.82. The van der Waals surface area contributed by atoms with E-state index in [4.69, 9.17) is 0 Å². The molecule has 0 heterocycles. The molecule has 0 radical (unpaired) electrons. The van der Waals surface area contributed by atoms with Crippen molar-refractivity contribution in [3.63, 3.8) is 0 Å². The van der Waals surface area contributed by atoms with Crippen molar-refractivity contribution in [3.05, 3.63) is 6.92 Å². The van der Waals surface area contributed by atoms with Crippen LogP contribution in [-0.2, 0) is 4.79 Å². The molecule has 0 unspecified atom stereocenters. The molecule has 4 nitrogen and oxygen atoms in total. The molecule has 0 saturated heterocycles. The fourth-order valence-corrected chi connectivity index (χ4v) is 1.31. The standard InChI is InChI=1S/C5H11NO2.C3H10GeN.Na/c1-6(2,3)4-5(7)8;1-2-3-5-4;/h4H2,1-3H3;5H,1-3H2,4H3;/q;-1;+1. The molecule has 0 saturated carbocycles. The summed E-state index contributed by atoms with van der Waals surface area (Å²) in [5.41, 5.74) is 0. The third-order valence-corrected chi connectivity index (χ3v) is 2.08. The number of likely N-dealkylation sites (N-methyl/N-ethyl adjacent to an activating group) is 1.